The number of methoxy groups -OCH3 is 1. The van der Waals surface area contributed by atoms with E-state index in [4.69, 9.17) is 16.3 Å². The molecule has 1 amide bonds. The van der Waals surface area contributed by atoms with E-state index in [1.54, 1.807) is 7.11 Å². The predicted octanol–water partition coefficient (Wildman–Crippen LogP) is 3.99. The molecule has 2 aromatic rings. The van der Waals surface area contributed by atoms with Crippen LogP contribution in [0.5, 0.6) is 5.75 Å². The Balaban J connectivity index is 1.35. The topological polar surface area (TPSA) is 36.0 Å². The number of carbonyl (C=O) groups is 1. The first-order chi connectivity index (χ1) is 15.6. The van der Waals surface area contributed by atoms with Gasteiger partial charge >= 0.3 is 0 Å². The van der Waals surface area contributed by atoms with Crippen LogP contribution >= 0.6 is 11.6 Å². The monoisotopic (exact) mass is 453 g/mol. The van der Waals surface area contributed by atoms with Gasteiger partial charge in [0.05, 0.1) is 19.7 Å². The Bertz CT molecular complexity index is 969. The van der Waals surface area contributed by atoms with Gasteiger partial charge in [0.25, 0.3) is 0 Å². The molecule has 1 saturated heterocycles. The number of piperazine rings is 1. The summed E-state index contributed by atoms with van der Waals surface area (Å²) in [6.45, 7) is 4.94. The van der Waals surface area contributed by atoms with E-state index in [-0.39, 0.29) is 11.9 Å². The molecular weight excluding hydrogens is 422 g/mol. The number of rotatable bonds is 5. The molecule has 1 unspecified atom stereocenters. The minimum atomic E-state index is -0.0291. The van der Waals surface area contributed by atoms with Gasteiger partial charge in [0.15, 0.2) is 0 Å². The summed E-state index contributed by atoms with van der Waals surface area (Å²) < 4.78 is 5.45. The molecule has 2 fully saturated rings. The van der Waals surface area contributed by atoms with Crippen molar-refractivity contribution in [3.63, 3.8) is 0 Å². The highest BCUT2D eigenvalue weighted by atomic mass is 35.5. The molecule has 0 radical (unpaired) electrons. The summed E-state index contributed by atoms with van der Waals surface area (Å²) in [6, 6.07) is 15.0. The van der Waals surface area contributed by atoms with E-state index in [9.17, 15) is 4.79 Å². The van der Waals surface area contributed by atoms with E-state index in [1.165, 1.54) is 30.4 Å². The van der Waals surface area contributed by atoms with E-state index in [2.05, 4.69) is 32.9 Å². The number of nitrogens with zero attached hydrogens (tertiary/aromatic N) is 3. The zero-order valence-corrected chi connectivity index (χ0v) is 19.6. The number of hydrogen-bond donors (Lipinski definition) is 0. The highest BCUT2D eigenvalue weighted by Crippen LogP contribution is 2.39. The van der Waals surface area contributed by atoms with Gasteiger partial charge in [-0.25, -0.2) is 0 Å². The molecule has 5 rings (SSSR count). The van der Waals surface area contributed by atoms with Crippen molar-refractivity contribution in [1.82, 2.24) is 14.7 Å². The number of carbonyl (C=O) groups excluding carboxylic acids is 1. The maximum absolute atomic E-state index is 13.3. The normalized spacial score (nSPS) is 22.3. The van der Waals surface area contributed by atoms with Crippen molar-refractivity contribution in [3.8, 4) is 5.75 Å². The van der Waals surface area contributed by atoms with Crippen LogP contribution in [0.1, 0.15) is 42.0 Å². The van der Waals surface area contributed by atoms with E-state index in [1.807, 2.05) is 24.3 Å². The Morgan fingerprint density at radius 1 is 1.03 bits per heavy atom. The molecule has 1 atom stereocenters. The third-order valence-corrected chi connectivity index (χ3v) is 7.82. The van der Waals surface area contributed by atoms with Crippen molar-refractivity contribution in [2.75, 3.05) is 46.4 Å². The van der Waals surface area contributed by atoms with Gasteiger partial charge in [-0.15, -0.1) is 0 Å². The van der Waals surface area contributed by atoms with Crippen molar-refractivity contribution >= 4 is 17.5 Å². The zero-order valence-electron chi connectivity index (χ0n) is 18.8. The van der Waals surface area contributed by atoms with Crippen LogP contribution in [-0.4, -0.2) is 73.0 Å². The van der Waals surface area contributed by atoms with Crippen molar-refractivity contribution in [1.29, 1.82) is 0 Å². The Hall–Kier alpha value is -2.08. The molecule has 1 aliphatic carbocycles. The van der Waals surface area contributed by atoms with Gasteiger partial charge in [0, 0.05) is 43.8 Å². The van der Waals surface area contributed by atoms with Crippen LogP contribution < -0.4 is 4.74 Å². The van der Waals surface area contributed by atoms with Gasteiger partial charge in [-0.1, -0.05) is 42.3 Å². The fourth-order valence-electron chi connectivity index (χ4n) is 5.38. The molecule has 2 aromatic carbocycles. The van der Waals surface area contributed by atoms with Crippen LogP contribution in [0.4, 0.5) is 0 Å². The van der Waals surface area contributed by atoms with E-state index in [0.717, 1.165) is 61.5 Å². The lowest BCUT2D eigenvalue weighted by Gasteiger charge is -2.44. The van der Waals surface area contributed by atoms with Crippen LogP contribution in [0, 0.1) is 0 Å². The number of hydrogen-bond acceptors (Lipinski definition) is 4. The van der Waals surface area contributed by atoms with E-state index < -0.39 is 0 Å². The second-order valence-electron chi connectivity index (χ2n) is 9.21. The fraction of sp³-hybridized carbons (Fsp3) is 0.500. The average molecular weight is 454 g/mol. The van der Waals surface area contributed by atoms with Gasteiger partial charge in [-0.05, 0) is 54.2 Å². The van der Waals surface area contributed by atoms with Gasteiger partial charge in [-0.2, -0.15) is 0 Å². The molecule has 170 valence electrons. The Morgan fingerprint density at radius 3 is 2.50 bits per heavy atom. The number of fused-ring (bicyclic) bond motifs is 1. The first kappa shape index (κ1) is 21.7. The van der Waals surface area contributed by atoms with Crippen LogP contribution in [-0.2, 0) is 11.2 Å². The SMILES string of the molecule is COc1ccc2c(c1)CCN(CC(=O)N1CCN(C3CCC3)CC1)C2c1ccccc1Cl. The van der Waals surface area contributed by atoms with Gasteiger partial charge in [-0.3, -0.25) is 14.6 Å². The van der Waals surface area contributed by atoms with Crippen molar-refractivity contribution < 1.29 is 9.53 Å². The van der Waals surface area contributed by atoms with E-state index in [0.29, 0.717) is 6.54 Å². The van der Waals surface area contributed by atoms with Crippen molar-refractivity contribution in [3.05, 3.63) is 64.2 Å². The fourth-order valence-corrected chi connectivity index (χ4v) is 5.61. The summed E-state index contributed by atoms with van der Waals surface area (Å²) in [5.74, 6) is 1.10. The first-order valence-electron chi connectivity index (χ1n) is 11.8. The first-order valence-corrected chi connectivity index (χ1v) is 12.2. The molecule has 0 aromatic heterocycles. The summed E-state index contributed by atoms with van der Waals surface area (Å²) in [5.41, 5.74) is 3.54. The minimum absolute atomic E-state index is 0.0291. The predicted molar refractivity (Wildman–Crippen MR) is 127 cm³/mol. The summed E-state index contributed by atoms with van der Waals surface area (Å²) in [7, 11) is 1.70. The lowest BCUT2D eigenvalue weighted by Crippen LogP contribution is -2.55. The summed E-state index contributed by atoms with van der Waals surface area (Å²) in [4.78, 5) is 20.2. The van der Waals surface area contributed by atoms with Crippen LogP contribution in [0.2, 0.25) is 5.02 Å². The summed E-state index contributed by atoms with van der Waals surface area (Å²) >= 11 is 6.65. The number of benzene rings is 2. The Labute approximate surface area is 195 Å². The molecule has 0 N–H and O–H groups in total. The smallest absolute Gasteiger partial charge is 0.236 e. The minimum Gasteiger partial charge on any atom is -0.497 e. The molecule has 3 aliphatic rings. The maximum Gasteiger partial charge on any atom is 0.236 e. The third-order valence-electron chi connectivity index (χ3n) is 7.47. The molecule has 6 heteroatoms. The van der Waals surface area contributed by atoms with Crippen molar-refractivity contribution in [2.45, 2.75) is 37.8 Å². The van der Waals surface area contributed by atoms with Gasteiger partial charge < -0.3 is 9.64 Å². The molecule has 2 heterocycles. The molecule has 1 saturated carbocycles. The molecule has 2 aliphatic heterocycles. The summed E-state index contributed by atoms with van der Waals surface area (Å²) in [5, 5.41) is 0.743. The van der Waals surface area contributed by atoms with E-state index >= 15 is 0 Å². The van der Waals surface area contributed by atoms with Crippen LogP contribution in [0.25, 0.3) is 0 Å². The standard InChI is InChI=1S/C26H32ClN3O2/c1-32-21-9-10-22-19(17-21)11-12-30(26(22)23-7-2-3-8-24(23)27)18-25(31)29-15-13-28(14-16-29)20-5-4-6-20/h2-3,7-10,17,20,26H,4-6,11-16,18H2,1H3. The third kappa shape index (κ3) is 4.26. The maximum atomic E-state index is 13.3. The lowest BCUT2D eigenvalue weighted by molar-refractivity contribution is -0.135. The highest BCUT2D eigenvalue weighted by Gasteiger charge is 2.34. The van der Waals surface area contributed by atoms with Crippen LogP contribution in [0.15, 0.2) is 42.5 Å². The second-order valence-corrected chi connectivity index (χ2v) is 9.62. The molecule has 0 bridgehead atoms. The van der Waals surface area contributed by atoms with Crippen LogP contribution in [0.3, 0.4) is 0 Å². The molecule has 0 spiro atoms. The number of ether oxygens (including phenoxy) is 1. The number of amides is 1. The van der Waals surface area contributed by atoms with Crippen molar-refractivity contribution in [2.24, 2.45) is 0 Å². The lowest BCUT2D eigenvalue weighted by atomic mass is 9.88. The molecular formula is C26H32ClN3O2. The Morgan fingerprint density at radius 2 is 1.81 bits per heavy atom. The molecule has 32 heavy (non-hydrogen) atoms. The Kier molecular flexibility index (Phi) is 6.40. The second kappa shape index (κ2) is 9.42. The average Bonchev–Trinajstić information content (AvgIpc) is 2.78. The molecule has 5 nitrogen and oxygen atoms in total. The number of halogens is 1. The van der Waals surface area contributed by atoms with Gasteiger partial charge in [0.1, 0.15) is 5.75 Å². The summed E-state index contributed by atoms with van der Waals surface area (Å²) in [6.07, 6.45) is 4.91. The van der Waals surface area contributed by atoms with Gasteiger partial charge in [0.2, 0.25) is 5.91 Å². The highest BCUT2D eigenvalue weighted by molar-refractivity contribution is 6.31. The largest absolute Gasteiger partial charge is 0.497 e. The zero-order chi connectivity index (χ0) is 22.1. The quantitative estimate of drug-likeness (QED) is 0.685.